The summed E-state index contributed by atoms with van der Waals surface area (Å²) in [5, 5.41) is 3.17. The molecule has 1 fully saturated rings. The summed E-state index contributed by atoms with van der Waals surface area (Å²) in [4.78, 5) is 18.1. The minimum atomic E-state index is 0.171. The number of nitrogens with one attached hydrogen (secondary N) is 1. The molecule has 104 valence electrons. The van der Waals surface area contributed by atoms with Gasteiger partial charge in [-0.2, -0.15) is 0 Å². The molecule has 0 atom stereocenters. The van der Waals surface area contributed by atoms with Gasteiger partial charge >= 0.3 is 0 Å². The molecule has 0 saturated carbocycles. The number of amides is 1. The van der Waals surface area contributed by atoms with Gasteiger partial charge in [-0.3, -0.25) is 4.79 Å². The van der Waals surface area contributed by atoms with Crippen molar-refractivity contribution < 1.29 is 9.53 Å². The second-order valence-electron chi connectivity index (χ2n) is 4.43. The molecule has 0 unspecified atom stereocenters. The second-order valence-corrected chi connectivity index (χ2v) is 5.29. The highest BCUT2D eigenvalue weighted by molar-refractivity contribution is 9.10. The number of morpholine rings is 1. The molecule has 1 amide bonds. The van der Waals surface area contributed by atoms with Crippen LogP contribution in [0.3, 0.4) is 0 Å². The average Bonchev–Trinajstić information content (AvgIpc) is 2.43. The number of rotatable bonds is 4. The van der Waals surface area contributed by atoms with E-state index in [-0.39, 0.29) is 5.91 Å². The molecule has 0 aromatic carbocycles. The third-order valence-corrected chi connectivity index (χ3v) is 3.87. The van der Waals surface area contributed by atoms with Gasteiger partial charge in [0.15, 0.2) is 0 Å². The molecule has 0 aliphatic carbocycles. The Bertz CT molecular complexity index is 448. The van der Waals surface area contributed by atoms with Crippen LogP contribution >= 0.6 is 15.9 Å². The normalized spacial score (nSPS) is 15.4. The van der Waals surface area contributed by atoms with E-state index < -0.39 is 0 Å². The Morgan fingerprint density at radius 1 is 1.47 bits per heavy atom. The fourth-order valence-electron chi connectivity index (χ4n) is 1.91. The summed E-state index contributed by atoms with van der Waals surface area (Å²) in [6.07, 6.45) is 0.483. The quantitative estimate of drug-likeness (QED) is 0.916. The lowest BCUT2D eigenvalue weighted by atomic mass is 10.3. The number of carbonyl (C=O) groups is 1. The highest BCUT2D eigenvalue weighted by Gasteiger charge is 2.15. The zero-order chi connectivity index (χ0) is 13.7. The second kappa shape index (κ2) is 6.86. The van der Waals surface area contributed by atoms with Crippen LogP contribution in [0.5, 0.6) is 0 Å². The van der Waals surface area contributed by atoms with Crippen LogP contribution < -0.4 is 5.32 Å². The van der Waals surface area contributed by atoms with E-state index >= 15 is 0 Å². The van der Waals surface area contributed by atoms with E-state index in [1.54, 1.807) is 0 Å². The summed E-state index contributed by atoms with van der Waals surface area (Å²) in [6, 6.07) is 3.85. The van der Waals surface area contributed by atoms with E-state index in [0.717, 1.165) is 16.0 Å². The smallest absolute Gasteiger partial charge is 0.224 e. The minimum absolute atomic E-state index is 0.171. The first kappa shape index (κ1) is 14.3. The van der Waals surface area contributed by atoms with E-state index in [9.17, 15) is 4.79 Å². The van der Waals surface area contributed by atoms with E-state index in [4.69, 9.17) is 4.74 Å². The lowest BCUT2D eigenvalue weighted by molar-refractivity contribution is -0.134. The monoisotopic (exact) mass is 327 g/mol. The maximum absolute atomic E-state index is 11.9. The summed E-state index contributed by atoms with van der Waals surface area (Å²) in [5.41, 5.74) is 0.935. The molecule has 19 heavy (non-hydrogen) atoms. The molecular weight excluding hydrogens is 310 g/mol. The molecular formula is C13H18BrN3O2. The molecule has 1 aromatic heterocycles. The number of hydrogen-bond acceptors (Lipinski definition) is 4. The topological polar surface area (TPSA) is 54.5 Å². The van der Waals surface area contributed by atoms with Crippen molar-refractivity contribution in [3.05, 3.63) is 22.3 Å². The molecule has 0 bridgehead atoms. The zero-order valence-corrected chi connectivity index (χ0v) is 12.6. The van der Waals surface area contributed by atoms with Crippen molar-refractivity contribution in [2.45, 2.75) is 13.3 Å². The number of nitrogens with zero attached hydrogens (tertiary/aromatic N) is 2. The van der Waals surface area contributed by atoms with Crippen molar-refractivity contribution >= 4 is 27.7 Å². The average molecular weight is 328 g/mol. The van der Waals surface area contributed by atoms with Gasteiger partial charge in [-0.1, -0.05) is 0 Å². The zero-order valence-electron chi connectivity index (χ0n) is 11.0. The van der Waals surface area contributed by atoms with E-state index in [0.29, 0.717) is 39.3 Å². The fourth-order valence-corrected chi connectivity index (χ4v) is 2.13. The predicted octanol–water partition coefficient (Wildman–Crippen LogP) is 1.81. The van der Waals surface area contributed by atoms with Gasteiger partial charge in [-0.25, -0.2) is 4.98 Å². The van der Waals surface area contributed by atoms with Gasteiger partial charge in [0.25, 0.3) is 0 Å². The van der Waals surface area contributed by atoms with Crippen LogP contribution in [0.15, 0.2) is 16.6 Å². The first-order valence-corrected chi connectivity index (χ1v) is 7.18. The van der Waals surface area contributed by atoms with Crippen LogP contribution in [0.2, 0.25) is 0 Å². The minimum Gasteiger partial charge on any atom is -0.378 e. The molecule has 0 radical (unpaired) electrons. The van der Waals surface area contributed by atoms with Crippen molar-refractivity contribution in [1.82, 2.24) is 9.88 Å². The van der Waals surface area contributed by atoms with Crippen LogP contribution in [0.1, 0.15) is 12.1 Å². The lowest BCUT2D eigenvalue weighted by Crippen LogP contribution is -2.41. The molecule has 1 N–H and O–H groups in total. The van der Waals surface area contributed by atoms with Crippen LogP contribution in [-0.4, -0.2) is 48.6 Å². The Kier molecular flexibility index (Phi) is 5.15. The number of anilines is 1. The molecule has 1 saturated heterocycles. The van der Waals surface area contributed by atoms with Crippen molar-refractivity contribution in [1.29, 1.82) is 0 Å². The Hall–Kier alpha value is -1.14. The molecule has 1 aliphatic heterocycles. The van der Waals surface area contributed by atoms with Gasteiger partial charge in [0.2, 0.25) is 5.91 Å². The van der Waals surface area contributed by atoms with E-state index in [1.165, 1.54) is 0 Å². The molecule has 5 nitrogen and oxygen atoms in total. The van der Waals surface area contributed by atoms with Crippen LogP contribution in [0.4, 0.5) is 5.82 Å². The highest BCUT2D eigenvalue weighted by atomic mass is 79.9. The Morgan fingerprint density at radius 3 is 2.89 bits per heavy atom. The van der Waals surface area contributed by atoms with Gasteiger partial charge < -0.3 is 15.0 Å². The standard InChI is InChI=1S/C13H18BrN3O2/c1-10-11(14)2-3-12(16-10)15-5-4-13(18)17-6-8-19-9-7-17/h2-3H,4-9H2,1H3,(H,15,16). The van der Waals surface area contributed by atoms with Gasteiger partial charge in [-0.15, -0.1) is 0 Å². The molecule has 2 heterocycles. The van der Waals surface area contributed by atoms with Crippen LogP contribution in [0, 0.1) is 6.92 Å². The van der Waals surface area contributed by atoms with Gasteiger partial charge in [0.1, 0.15) is 5.82 Å². The summed E-state index contributed by atoms with van der Waals surface area (Å²) >= 11 is 3.41. The largest absolute Gasteiger partial charge is 0.378 e. The van der Waals surface area contributed by atoms with Crippen molar-refractivity contribution in [3.8, 4) is 0 Å². The summed E-state index contributed by atoms with van der Waals surface area (Å²) in [6.45, 7) is 5.24. The number of aromatic nitrogens is 1. The van der Waals surface area contributed by atoms with E-state index in [2.05, 4.69) is 26.2 Å². The van der Waals surface area contributed by atoms with Crippen LogP contribution in [0.25, 0.3) is 0 Å². The highest BCUT2D eigenvalue weighted by Crippen LogP contribution is 2.16. The number of halogens is 1. The van der Waals surface area contributed by atoms with E-state index in [1.807, 2.05) is 24.0 Å². The Morgan fingerprint density at radius 2 is 2.21 bits per heavy atom. The predicted molar refractivity (Wildman–Crippen MR) is 77.2 cm³/mol. The number of carbonyl (C=O) groups excluding carboxylic acids is 1. The first-order chi connectivity index (χ1) is 9.16. The fraction of sp³-hybridized carbons (Fsp3) is 0.538. The number of ether oxygens (including phenoxy) is 1. The first-order valence-electron chi connectivity index (χ1n) is 6.39. The summed E-state index contributed by atoms with van der Waals surface area (Å²) < 4.78 is 6.21. The molecule has 2 rings (SSSR count). The number of aryl methyl sites for hydroxylation is 1. The van der Waals surface area contributed by atoms with Crippen LogP contribution in [-0.2, 0) is 9.53 Å². The van der Waals surface area contributed by atoms with Crippen molar-refractivity contribution in [3.63, 3.8) is 0 Å². The maximum atomic E-state index is 11.9. The molecule has 0 spiro atoms. The third-order valence-electron chi connectivity index (χ3n) is 3.03. The summed E-state index contributed by atoms with van der Waals surface area (Å²) in [7, 11) is 0. The Balaban J connectivity index is 1.76. The number of pyridine rings is 1. The van der Waals surface area contributed by atoms with Crippen molar-refractivity contribution in [2.75, 3.05) is 38.2 Å². The molecule has 1 aromatic rings. The van der Waals surface area contributed by atoms with Gasteiger partial charge in [-0.05, 0) is 35.0 Å². The summed E-state index contributed by atoms with van der Waals surface area (Å²) in [5.74, 6) is 0.972. The Labute approximate surface area is 121 Å². The maximum Gasteiger partial charge on any atom is 0.224 e. The molecule has 1 aliphatic rings. The SMILES string of the molecule is Cc1nc(NCCC(=O)N2CCOCC2)ccc1Br. The third kappa shape index (κ3) is 4.18. The van der Waals surface area contributed by atoms with Gasteiger partial charge in [0.05, 0.1) is 18.9 Å². The van der Waals surface area contributed by atoms with Crippen molar-refractivity contribution in [2.24, 2.45) is 0 Å². The van der Waals surface area contributed by atoms with Gasteiger partial charge in [0, 0.05) is 30.5 Å². The lowest BCUT2D eigenvalue weighted by Gasteiger charge is -2.26. The number of hydrogen-bond donors (Lipinski definition) is 1. The molecule has 6 heteroatoms.